The van der Waals surface area contributed by atoms with Crippen LogP contribution in [0, 0.1) is 0 Å². The van der Waals surface area contributed by atoms with E-state index < -0.39 is 0 Å². The first-order chi connectivity index (χ1) is 12.1. The molecule has 1 N–H and O–H groups in total. The molecule has 0 aliphatic carbocycles. The second kappa shape index (κ2) is 7.89. The summed E-state index contributed by atoms with van der Waals surface area (Å²) in [5.74, 6) is -0.429. The highest BCUT2D eigenvalue weighted by atomic mass is 35.5. The molecule has 1 saturated heterocycles. The first kappa shape index (κ1) is 17.8. The van der Waals surface area contributed by atoms with Crippen molar-refractivity contribution in [1.82, 2.24) is 10.2 Å². The monoisotopic (exact) mass is 376 g/mol. The topological polar surface area (TPSA) is 49.4 Å². The van der Waals surface area contributed by atoms with E-state index in [9.17, 15) is 9.59 Å². The fraction of sp³-hybridized carbons (Fsp3) is 0.263. The molecule has 0 bridgehead atoms. The van der Waals surface area contributed by atoms with E-state index in [1.54, 1.807) is 12.1 Å². The molecule has 4 nitrogen and oxygen atoms in total. The Morgan fingerprint density at radius 3 is 2.56 bits per heavy atom. The van der Waals surface area contributed by atoms with Crippen molar-refractivity contribution in [1.29, 1.82) is 0 Å². The minimum Gasteiger partial charge on any atom is -0.343 e. The molecule has 3 rings (SSSR count). The first-order valence-electron chi connectivity index (χ1n) is 8.14. The molecule has 0 saturated carbocycles. The zero-order valence-corrected chi connectivity index (χ0v) is 15.1. The van der Waals surface area contributed by atoms with Crippen LogP contribution in [-0.4, -0.2) is 29.8 Å². The van der Waals surface area contributed by atoms with Gasteiger partial charge in [-0.15, -0.1) is 0 Å². The number of carbonyl (C=O) groups excluding carboxylic acids is 2. The zero-order valence-electron chi connectivity index (χ0n) is 13.5. The van der Waals surface area contributed by atoms with Gasteiger partial charge in [0, 0.05) is 12.1 Å². The van der Waals surface area contributed by atoms with Crippen molar-refractivity contribution in [2.75, 3.05) is 13.1 Å². The van der Waals surface area contributed by atoms with Crippen molar-refractivity contribution in [3.8, 4) is 0 Å². The number of nitrogens with zero attached hydrogens (tertiary/aromatic N) is 1. The average molecular weight is 377 g/mol. The van der Waals surface area contributed by atoms with E-state index in [2.05, 4.69) is 5.32 Å². The number of rotatable bonds is 4. The van der Waals surface area contributed by atoms with Gasteiger partial charge in [-0.3, -0.25) is 9.59 Å². The van der Waals surface area contributed by atoms with Crippen LogP contribution in [0.5, 0.6) is 0 Å². The number of carbonyl (C=O) groups is 2. The molecule has 1 aliphatic rings. The lowest BCUT2D eigenvalue weighted by atomic mass is 10.0. The molecule has 0 aromatic heterocycles. The number of likely N-dealkylation sites (tertiary alicyclic amines) is 1. The summed E-state index contributed by atoms with van der Waals surface area (Å²) in [7, 11) is 0. The Hall–Kier alpha value is -2.04. The van der Waals surface area contributed by atoms with Gasteiger partial charge in [0.25, 0.3) is 5.91 Å². The summed E-state index contributed by atoms with van der Waals surface area (Å²) in [6.45, 7) is 0.670. The SMILES string of the molecule is O=C(NCC(=O)N1CCC[C@H]1c1ccccc1)c1ccc(Cl)c(Cl)c1. The average Bonchev–Trinajstić information content (AvgIpc) is 3.12. The number of hydrogen-bond donors (Lipinski definition) is 1. The molecule has 1 fully saturated rings. The summed E-state index contributed by atoms with van der Waals surface area (Å²) in [4.78, 5) is 26.6. The molecule has 0 spiro atoms. The Bertz CT molecular complexity index is 780. The first-order valence-corrected chi connectivity index (χ1v) is 8.89. The Morgan fingerprint density at radius 1 is 1.08 bits per heavy atom. The van der Waals surface area contributed by atoms with E-state index in [4.69, 9.17) is 23.2 Å². The van der Waals surface area contributed by atoms with E-state index in [0.29, 0.717) is 22.2 Å². The Labute approximate surface area is 156 Å². The van der Waals surface area contributed by atoms with E-state index >= 15 is 0 Å². The van der Waals surface area contributed by atoms with Crippen LogP contribution in [0.2, 0.25) is 10.0 Å². The summed E-state index contributed by atoms with van der Waals surface area (Å²) in [5, 5.41) is 3.36. The maximum absolute atomic E-state index is 12.5. The third kappa shape index (κ3) is 4.14. The van der Waals surface area contributed by atoms with Crippen molar-refractivity contribution in [3.63, 3.8) is 0 Å². The van der Waals surface area contributed by atoms with Crippen molar-refractivity contribution >= 4 is 35.0 Å². The smallest absolute Gasteiger partial charge is 0.251 e. The van der Waals surface area contributed by atoms with Gasteiger partial charge in [-0.2, -0.15) is 0 Å². The standard InChI is InChI=1S/C19H18Cl2N2O2/c20-15-9-8-14(11-16(15)21)19(25)22-12-18(24)23-10-4-7-17(23)13-5-2-1-3-6-13/h1-3,5-6,8-9,11,17H,4,7,10,12H2,(H,22,25)/t17-/m0/s1. The second-order valence-corrected chi connectivity index (χ2v) is 6.78. The van der Waals surface area contributed by atoms with Gasteiger partial charge < -0.3 is 10.2 Å². The molecule has 2 aromatic rings. The molecule has 25 heavy (non-hydrogen) atoms. The molecule has 1 atom stereocenters. The van der Waals surface area contributed by atoms with Crippen LogP contribution < -0.4 is 5.32 Å². The van der Waals surface area contributed by atoms with E-state index in [1.807, 2.05) is 35.2 Å². The van der Waals surface area contributed by atoms with Crippen molar-refractivity contribution in [2.45, 2.75) is 18.9 Å². The van der Waals surface area contributed by atoms with Gasteiger partial charge in [0.05, 0.1) is 22.6 Å². The summed E-state index contributed by atoms with van der Waals surface area (Å²) in [5.41, 5.74) is 1.51. The highest BCUT2D eigenvalue weighted by Gasteiger charge is 2.29. The number of benzene rings is 2. The predicted molar refractivity (Wildman–Crippen MR) is 98.9 cm³/mol. The highest BCUT2D eigenvalue weighted by Crippen LogP contribution is 2.31. The second-order valence-electron chi connectivity index (χ2n) is 5.97. The lowest BCUT2D eigenvalue weighted by Gasteiger charge is -2.25. The van der Waals surface area contributed by atoms with E-state index in [0.717, 1.165) is 18.4 Å². The van der Waals surface area contributed by atoms with Gasteiger partial charge in [-0.05, 0) is 36.6 Å². The molecule has 130 valence electrons. The van der Waals surface area contributed by atoms with Crippen LogP contribution in [0.3, 0.4) is 0 Å². The molecule has 2 aromatic carbocycles. The number of amides is 2. The molecular weight excluding hydrogens is 359 g/mol. The highest BCUT2D eigenvalue weighted by molar-refractivity contribution is 6.42. The van der Waals surface area contributed by atoms with Gasteiger partial charge in [0.1, 0.15) is 0 Å². The number of halogens is 2. The van der Waals surface area contributed by atoms with E-state index in [-0.39, 0.29) is 24.4 Å². The maximum atomic E-state index is 12.5. The molecule has 6 heteroatoms. The van der Waals surface area contributed by atoms with Gasteiger partial charge >= 0.3 is 0 Å². The fourth-order valence-electron chi connectivity index (χ4n) is 3.08. The Balaban J connectivity index is 1.62. The fourth-order valence-corrected chi connectivity index (χ4v) is 3.38. The third-order valence-corrected chi connectivity index (χ3v) is 5.08. The summed E-state index contributed by atoms with van der Waals surface area (Å²) in [6, 6.07) is 14.7. The summed E-state index contributed by atoms with van der Waals surface area (Å²) in [6.07, 6.45) is 1.91. The number of nitrogens with one attached hydrogen (secondary N) is 1. The van der Waals surface area contributed by atoms with Crippen LogP contribution in [0.15, 0.2) is 48.5 Å². The molecule has 1 aliphatic heterocycles. The number of hydrogen-bond acceptors (Lipinski definition) is 2. The predicted octanol–water partition coefficient (Wildman–Crippen LogP) is 4.09. The normalized spacial score (nSPS) is 16.7. The lowest BCUT2D eigenvalue weighted by Crippen LogP contribution is -2.39. The van der Waals surface area contributed by atoms with E-state index in [1.165, 1.54) is 6.07 Å². The largest absolute Gasteiger partial charge is 0.343 e. The van der Waals surface area contributed by atoms with Crippen LogP contribution in [-0.2, 0) is 4.79 Å². The van der Waals surface area contributed by atoms with Crippen molar-refractivity contribution in [2.24, 2.45) is 0 Å². The summed E-state index contributed by atoms with van der Waals surface area (Å²) >= 11 is 11.8. The minimum absolute atomic E-state index is 0.0393. The van der Waals surface area contributed by atoms with Gasteiger partial charge in [0.2, 0.25) is 5.91 Å². The lowest BCUT2D eigenvalue weighted by molar-refractivity contribution is -0.131. The van der Waals surface area contributed by atoms with Crippen molar-refractivity contribution in [3.05, 3.63) is 69.7 Å². The van der Waals surface area contributed by atoms with Gasteiger partial charge in [-0.25, -0.2) is 0 Å². The Morgan fingerprint density at radius 2 is 1.84 bits per heavy atom. The quantitative estimate of drug-likeness (QED) is 0.873. The molecule has 1 heterocycles. The molecule has 0 unspecified atom stereocenters. The third-order valence-electron chi connectivity index (χ3n) is 4.34. The summed E-state index contributed by atoms with van der Waals surface area (Å²) < 4.78 is 0. The van der Waals surface area contributed by atoms with Crippen molar-refractivity contribution < 1.29 is 9.59 Å². The van der Waals surface area contributed by atoms with Crippen LogP contribution >= 0.6 is 23.2 Å². The van der Waals surface area contributed by atoms with Gasteiger partial charge in [-0.1, -0.05) is 53.5 Å². The van der Waals surface area contributed by atoms with Crippen LogP contribution in [0.25, 0.3) is 0 Å². The minimum atomic E-state index is -0.345. The molecular formula is C19H18Cl2N2O2. The Kier molecular flexibility index (Phi) is 5.61. The zero-order chi connectivity index (χ0) is 17.8. The van der Waals surface area contributed by atoms with Crippen LogP contribution in [0.1, 0.15) is 34.8 Å². The molecule has 0 radical (unpaired) electrons. The maximum Gasteiger partial charge on any atom is 0.251 e. The molecule has 2 amide bonds. The van der Waals surface area contributed by atoms with Gasteiger partial charge in [0.15, 0.2) is 0 Å². The van der Waals surface area contributed by atoms with Crippen LogP contribution in [0.4, 0.5) is 0 Å².